The van der Waals surface area contributed by atoms with E-state index < -0.39 is 0 Å². The lowest BCUT2D eigenvalue weighted by atomic mass is 10.2. The third kappa shape index (κ3) is 3.79. The van der Waals surface area contributed by atoms with E-state index in [2.05, 4.69) is 53.1 Å². The van der Waals surface area contributed by atoms with Crippen molar-refractivity contribution in [3.63, 3.8) is 0 Å². The summed E-state index contributed by atoms with van der Waals surface area (Å²) in [5, 5.41) is 2.96. The summed E-state index contributed by atoms with van der Waals surface area (Å²) >= 11 is 10.4. The minimum Gasteiger partial charge on any atom is -0.340 e. The predicted molar refractivity (Wildman–Crippen MR) is 97.0 cm³/mol. The van der Waals surface area contributed by atoms with Crippen LogP contribution in [-0.4, -0.2) is 10.5 Å². The lowest BCUT2D eigenvalue weighted by Gasteiger charge is -2.14. The Kier molecular flexibility index (Phi) is 5.33. The van der Waals surface area contributed by atoms with Gasteiger partial charge in [0.15, 0.2) is 0 Å². The van der Waals surface area contributed by atoms with Crippen LogP contribution < -0.4 is 5.32 Å². The highest BCUT2D eigenvalue weighted by Gasteiger charge is 2.17. The standard InChI is InChI=1S/C15H15Br3N2O/c1-8(2)20-7-10(16)6-13(20)15(21)19-14-11(17)4-9(3)5-12(14)18/h4-8H,1-3H3,(H,19,21). The molecule has 0 saturated carbocycles. The van der Waals surface area contributed by atoms with Crippen molar-refractivity contribution in [2.24, 2.45) is 0 Å². The van der Waals surface area contributed by atoms with Crippen LogP contribution in [0.25, 0.3) is 0 Å². The number of benzene rings is 1. The molecule has 0 aliphatic carbocycles. The molecule has 1 heterocycles. The van der Waals surface area contributed by atoms with Gasteiger partial charge in [0, 0.05) is 25.7 Å². The molecule has 2 rings (SSSR count). The molecule has 112 valence electrons. The van der Waals surface area contributed by atoms with Gasteiger partial charge in [0.2, 0.25) is 0 Å². The number of anilines is 1. The lowest BCUT2D eigenvalue weighted by Crippen LogP contribution is -2.18. The predicted octanol–water partition coefficient (Wildman–Crippen LogP) is 5.92. The van der Waals surface area contributed by atoms with Crippen LogP contribution in [0.5, 0.6) is 0 Å². The summed E-state index contributed by atoms with van der Waals surface area (Å²) < 4.78 is 4.53. The van der Waals surface area contributed by atoms with E-state index in [0.717, 1.165) is 24.7 Å². The van der Waals surface area contributed by atoms with Crippen molar-refractivity contribution in [1.29, 1.82) is 0 Å². The Hall–Kier alpha value is -0.590. The largest absolute Gasteiger partial charge is 0.340 e. The first-order valence-electron chi connectivity index (χ1n) is 6.44. The Morgan fingerprint density at radius 3 is 2.24 bits per heavy atom. The maximum Gasteiger partial charge on any atom is 0.272 e. The van der Waals surface area contributed by atoms with Gasteiger partial charge in [0.05, 0.1) is 5.69 Å². The lowest BCUT2D eigenvalue weighted by molar-refractivity contribution is 0.101. The number of rotatable bonds is 3. The van der Waals surface area contributed by atoms with E-state index in [1.54, 1.807) is 0 Å². The van der Waals surface area contributed by atoms with Crippen LogP contribution in [-0.2, 0) is 0 Å². The highest BCUT2D eigenvalue weighted by atomic mass is 79.9. The Morgan fingerprint density at radius 2 is 1.71 bits per heavy atom. The number of halogens is 3. The third-order valence-corrected chi connectivity index (χ3v) is 4.71. The molecule has 0 fully saturated rings. The number of amides is 1. The molecule has 21 heavy (non-hydrogen) atoms. The minimum atomic E-state index is -0.139. The first-order valence-corrected chi connectivity index (χ1v) is 8.82. The van der Waals surface area contributed by atoms with Gasteiger partial charge < -0.3 is 9.88 Å². The zero-order chi connectivity index (χ0) is 15.7. The van der Waals surface area contributed by atoms with Crippen LogP contribution in [0.15, 0.2) is 37.8 Å². The van der Waals surface area contributed by atoms with Crippen LogP contribution in [0.3, 0.4) is 0 Å². The second kappa shape index (κ2) is 6.67. The summed E-state index contributed by atoms with van der Waals surface area (Å²) in [5.74, 6) is -0.139. The summed E-state index contributed by atoms with van der Waals surface area (Å²) in [5.41, 5.74) is 2.47. The molecule has 2 aromatic rings. The molecule has 1 N–H and O–H groups in total. The van der Waals surface area contributed by atoms with Crippen LogP contribution >= 0.6 is 47.8 Å². The number of nitrogens with zero attached hydrogens (tertiary/aromatic N) is 1. The van der Waals surface area contributed by atoms with Crippen molar-refractivity contribution in [3.8, 4) is 0 Å². The first-order chi connectivity index (χ1) is 9.79. The molecule has 1 aromatic heterocycles. The molecule has 1 amide bonds. The molecule has 3 nitrogen and oxygen atoms in total. The van der Waals surface area contributed by atoms with Gasteiger partial charge in [0.1, 0.15) is 5.69 Å². The smallest absolute Gasteiger partial charge is 0.272 e. The molecule has 0 saturated heterocycles. The van der Waals surface area contributed by atoms with Gasteiger partial charge in [-0.25, -0.2) is 0 Å². The highest BCUT2D eigenvalue weighted by Crippen LogP contribution is 2.33. The van der Waals surface area contributed by atoms with Crippen molar-refractivity contribution in [1.82, 2.24) is 4.57 Å². The Bertz CT molecular complexity index is 669. The van der Waals surface area contributed by atoms with Crippen molar-refractivity contribution < 1.29 is 4.79 Å². The van der Waals surface area contributed by atoms with E-state index in [9.17, 15) is 4.79 Å². The number of aryl methyl sites for hydroxylation is 1. The average Bonchev–Trinajstić information content (AvgIpc) is 2.76. The van der Waals surface area contributed by atoms with Gasteiger partial charge in [-0.1, -0.05) is 0 Å². The summed E-state index contributed by atoms with van der Waals surface area (Å²) in [4.78, 5) is 12.5. The Balaban J connectivity index is 2.35. The van der Waals surface area contributed by atoms with E-state index in [1.807, 2.05) is 49.7 Å². The Morgan fingerprint density at radius 1 is 1.14 bits per heavy atom. The summed E-state index contributed by atoms with van der Waals surface area (Å²) in [7, 11) is 0. The second-order valence-electron chi connectivity index (χ2n) is 5.10. The van der Waals surface area contributed by atoms with Gasteiger partial charge in [-0.15, -0.1) is 0 Å². The van der Waals surface area contributed by atoms with E-state index >= 15 is 0 Å². The number of hydrogen-bond acceptors (Lipinski definition) is 1. The van der Waals surface area contributed by atoms with E-state index in [4.69, 9.17) is 0 Å². The SMILES string of the molecule is Cc1cc(Br)c(NC(=O)c2cc(Br)cn2C(C)C)c(Br)c1. The molecular formula is C15H15Br3N2O. The fourth-order valence-corrected chi connectivity index (χ4v) is 4.10. The second-order valence-corrected chi connectivity index (χ2v) is 7.73. The fraction of sp³-hybridized carbons (Fsp3) is 0.267. The van der Waals surface area contributed by atoms with Crippen LogP contribution in [0.4, 0.5) is 5.69 Å². The number of hydrogen-bond donors (Lipinski definition) is 1. The third-order valence-electron chi connectivity index (χ3n) is 3.03. The molecule has 1 aromatic carbocycles. The van der Waals surface area contributed by atoms with Crippen molar-refractivity contribution in [2.45, 2.75) is 26.8 Å². The number of carbonyl (C=O) groups is 1. The van der Waals surface area contributed by atoms with Crippen LogP contribution in [0.1, 0.15) is 35.9 Å². The van der Waals surface area contributed by atoms with Crippen LogP contribution in [0.2, 0.25) is 0 Å². The van der Waals surface area contributed by atoms with Gasteiger partial charge in [-0.3, -0.25) is 4.79 Å². The molecular weight excluding hydrogens is 464 g/mol. The maximum atomic E-state index is 12.5. The molecule has 0 atom stereocenters. The van der Waals surface area contributed by atoms with Gasteiger partial charge in [0.25, 0.3) is 5.91 Å². The number of aromatic nitrogens is 1. The Labute approximate surface area is 149 Å². The van der Waals surface area contributed by atoms with Crippen LogP contribution in [0, 0.1) is 6.92 Å². The normalized spacial score (nSPS) is 11.0. The molecule has 0 unspecified atom stereocenters. The summed E-state index contributed by atoms with van der Waals surface area (Å²) in [6.07, 6.45) is 1.92. The molecule has 0 bridgehead atoms. The summed E-state index contributed by atoms with van der Waals surface area (Å²) in [6.45, 7) is 6.09. The van der Waals surface area contributed by atoms with Crippen molar-refractivity contribution >= 4 is 59.4 Å². The topological polar surface area (TPSA) is 34.0 Å². The fourth-order valence-electron chi connectivity index (χ4n) is 2.05. The highest BCUT2D eigenvalue weighted by molar-refractivity contribution is 9.11. The minimum absolute atomic E-state index is 0.139. The molecule has 0 aliphatic rings. The zero-order valence-corrected chi connectivity index (χ0v) is 16.6. The molecule has 0 radical (unpaired) electrons. The van der Waals surface area contributed by atoms with Crippen molar-refractivity contribution in [2.75, 3.05) is 5.32 Å². The van der Waals surface area contributed by atoms with E-state index in [0.29, 0.717) is 5.69 Å². The van der Waals surface area contributed by atoms with Gasteiger partial charge in [-0.2, -0.15) is 0 Å². The molecule has 0 aliphatic heterocycles. The summed E-state index contributed by atoms with van der Waals surface area (Å²) in [6, 6.07) is 5.97. The monoisotopic (exact) mass is 476 g/mol. The average molecular weight is 479 g/mol. The number of carbonyl (C=O) groups excluding carboxylic acids is 1. The quantitative estimate of drug-likeness (QED) is 0.584. The van der Waals surface area contributed by atoms with Gasteiger partial charge in [-0.05, 0) is 92.3 Å². The molecule has 6 heteroatoms. The zero-order valence-electron chi connectivity index (χ0n) is 11.9. The van der Waals surface area contributed by atoms with Crippen molar-refractivity contribution in [3.05, 3.63) is 49.1 Å². The molecule has 0 spiro atoms. The van der Waals surface area contributed by atoms with E-state index in [1.165, 1.54) is 0 Å². The van der Waals surface area contributed by atoms with Gasteiger partial charge >= 0.3 is 0 Å². The number of nitrogens with one attached hydrogen (secondary N) is 1. The maximum absolute atomic E-state index is 12.5. The first kappa shape index (κ1) is 16.8. The van der Waals surface area contributed by atoms with E-state index in [-0.39, 0.29) is 11.9 Å².